The summed E-state index contributed by atoms with van der Waals surface area (Å²) < 4.78 is 42.3. The monoisotopic (exact) mass is 534 g/mol. The molecule has 1 aliphatic rings. The maximum atomic E-state index is 12.8. The van der Waals surface area contributed by atoms with Crippen LogP contribution in [0, 0.1) is 11.5 Å². The average Bonchev–Trinajstić information content (AvgIpc) is 3.11. The van der Waals surface area contributed by atoms with E-state index in [0.717, 1.165) is 0 Å². The van der Waals surface area contributed by atoms with Crippen LogP contribution in [0.1, 0.15) is 68.9 Å². The molecule has 1 unspecified atom stereocenters. The van der Waals surface area contributed by atoms with Gasteiger partial charge >= 0.3 is 6.36 Å². The molecule has 0 bridgehead atoms. The van der Waals surface area contributed by atoms with Gasteiger partial charge in [0, 0.05) is 5.56 Å². The zero-order valence-corrected chi connectivity index (χ0v) is 22.9. The zero-order valence-electron chi connectivity index (χ0n) is 21.1. The minimum atomic E-state index is -4.86. The Morgan fingerprint density at radius 1 is 1.06 bits per heavy atom. The van der Waals surface area contributed by atoms with E-state index in [1.807, 2.05) is 0 Å². The first kappa shape index (κ1) is 27.8. The number of amides is 1. The molecular weight excluding hydrogens is 505 g/mol. The summed E-state index contributed by atoms with van der Waals surface area (Å²) in [5.74, 6) is 1.78. The molecule has 2 aromatic carbocycles. The highest BCUT2D eigenvalue weighted by molar-refractivity contribution is 6.90. The molecule has 4 nitrogen and oxygen atoms in total. The summed E-state index contributed by atoms with van der Waals surface area (Å²) in [6.07, 6.45) is -4.86. The van der Waals surface area contributed by atoms with Crippen molar-refractivity contribution in [3.8, 4) is 17.2 Å². The molecule has 2 N–H and O–H groups in total. The first-order valence-corrected chi connectivity index (χ1v) is 14.4. The van der Waals surface area contributed by atoms with Crippen molar-refractivity contribution >= 4 is 37.0 Å². The van der Waals surface area contributed by atoms with Crippen LogP contribution in [0.15, 0.2) is 41.4 Å². The standard InChI is InChI=1S/C27H30ClF3N2O2Si/c1-15(2)36(16(3)4,17(5)6)12-11-23-25(20-13-19(26(32)34)7-9-22(20)33-23)18-8-10-24(21(28)14-18)35-27(29,30)31/h7-10,13-17,25H,1-6H3,(H2,32,34). The van der Waals surface area contributed by atoms with Gasteiger partial charge in [0.15, 0.2) is 0 Å². The molecule has 0 aromatic heterocycles. The number of aliphatic imine (C=N–C) groups is 1. The van der Waals surface area contributed by atoms with Crippen LogP contribution in [-0.2, 0) is 0 Å². The molecule has 0 saturated heterocycles. The van der Waals surface area contributed by atoms with Gasteiger partial charge in [-0.15, -0.1) is 18.7 Å². The average molecular weight is 535 g/mol. The van der Waals surface area contributed by atoms with Gasteiger partial charge in [0.2, 0.25) is 5.91 Å². The Kier molecular flexibility index (Phi) is 7.97. The number of carbonyl (C=O) groups is 1. The number of halogens is 4. The lowest BCUT2D eigenvalue weighted by Gasteiger charge is -2.38. The maximum absolute atomic E-state index is 12.8. The topological polar surface area (TPSA) is 64.7 Å². The van der Waals surface area contributed by atoms with Crippen LogP contribution in [-0.4, -0.2) is 26.1 Å². The molecule has 0 aliphatic carbocycles. The SMILES string of the molecule is CC(C)[Si](C#CC1=Nc2ccc(C(N)=O)cc2C1c1ccc(OC(F)(F)F)c(Cl)c1)(C(C)C)C(C)C. The minimum absolute atomic E-state index is 0.188. The van der Waals surface area contributed by atoms with Crippen LogP contribution in [0.3, 0.4) is 0 Å². The van der Waals surface area contributed by atoms with Crippen LogP contribution < -0.4 is 10.5 Å². The van der Waals surface area contributed by atoms with Crippen LogP contribution >= 0.6 is 11.6 Å². The molecule has 9 heteroatoms. The van der Waals surface area contributed by atoms with Crippen molar-refractivity contribution in [1.82, 2.24) is 0 Å². The van der Waals surface area contributed by atoms with E-state index in [-0.39, 0.29) is 5.02 Å². The number of primary amides is 1. The molecule has 2 aromatic rings. The minimum Gasteiger partial charge on any atom is -0.404 e. The summed E-state index contributed by atoms with van der Waals surface area (Å²) in [4.78, 5) is 16.6. The van der Waals surface area contributed by atoms with Crippen LogP contribution in [0.5, 0.6) is 5.75 Å². The number of rotatable bonds is 6. The summed E-state index contributed by atoms with van der Waals surface area (Å²) in [6.45, 7) is 13.3. The third kappa shape index (κ3) is 5.47. The molecule has 0 radical (unpaired) electrons. The number of hydrogen-bond donors (Lipinski definition) is 1. The molecule has 1 amide bonds. The molecule has 1 aliphatic heterocycles. The summed E-state index contributed by atoms with van der Waals surface area (Å²) in [7, 11) is -2.09. The van der Waals surface area contributed by atoms with Gasteiger partial charge in [-0.2, -0.15) is 0 Å². The van der Waals surface area contributed by atoms with Gasteiger partial charge in [0.05, 0.1) is 16.6 Å². The lowest BCUT2D eigenvalue weighted by Crippen LogP contribution is -2.43. The first-order valence-electron chi connectivity index (χ1n) is 11.8. The summed E-state index contributed by atoms with van der Waals surface area (Å²) >= 11 is 6.18. The second-order valence-corrected chi connectivity index (χ2v) is 15.9. The Morgan fingerprint density at radius 3 is 2.17 bits per heavy atom. The second-order valence-electron chi connectivity index (χ2n) is 9.95. The molecule has 36 heavy (non-hydrogen) atoms. The van der Waals surface area contributed by atoms with Gasteiger partial charge in [-0.25, -0.2) is 4.99 Å². The number of fused-ring (bicyclic) bond motifs is 1. The quantitative estimate of drug-likeness (QED) is 0.304. The van der Waals surface area contributed by atoms with E-state index in [0.29, 0.717) is 44.7 Å². The van der Waals surface area contributed by atoms with Crippen LogP contribution in [0.4, 0.5) is 18.9 Å². The Hall–Kier alpha value is -2.76. The lowest BCUT2D eigenvalue weighted by molar-refractivity contribution is -0.274. The van der Waals surface area contributed by atoms with E-state index in [1.165, 1.54) is 18.2 Å². The van der Waals surface area contributed by atoms with E-state index < -0.39 is 32.0 Å². The van der Waals surface area contributed by atoms with Crippen molar-refractivity contribution < 1.29 is 22.7 Å². The maximum Gasteiger partial charge on any atom is 0.573 e. The molecule has 192 valence electrons. The largest absolute Gasteiger partial charge is 0.573 e. The smallest absolute Gasteiger partial charge is 0.404 e. The highest BCUT2D eigenvalue weighted by atomic mass is 35.5. The first-order chi connectivity index (χ1) is 16.7. The zero-order chi connectivity index (χ0) is 27.0. The van der Waals surface area contributed by atoms with E-state index in [9.17, 15) is 18.0 Å². The Morgan fingerprint density at radius 2 is 1.67 bits per heavy atom. The third-order valence-electron chi connectivity index (χ3n) is 6.93. The van der Waals surface area contributed by atoms with Crippen LogP contribution in [0.2, 0.25) is 21.6 Å². The molecule has 1 heterocycles. The molecule has 0 fully saturated rings. The number of nitrogens with zero attached hydrogens (tertiary/aromatic N) is 1. The normalized spacial score (nSPS) is 15.6. The lowest BCUT2D eigenvalue weighted by atomic mass is 9.88. The van der Waals surface area contributed by atoms with Gasteiger partial charge in [-0.05, 0) is 58.1 Å². The number of benzene rings is 2. The molecular formula is C27H30ClF3N2O2Si. The number of alkyl halides is 3. The fourth-order valence-corrected chi connectivity index (χ4v) is 10.8. The van der Waals surface area contributed by atoms with Gasteiger partial charge in [0.1, 0.15) is 19.5 Å². The summed E-state index contributed by atoms with van der Waals surface area (Å²) in [5.41, 5.74) is 13.2. The Labute approximate surface area is 216 Å². The second kappa shape index (κ2) is 10.3. The van der Waals surface area contributed by atoms with Gasteiger partial charge in [0.25, 0.3) is 0 Å². The Bertz CT molecular complexity index is 1240. The fraction of sp³-hybridized carbons (Fsp3) is 0.407. The highest BCUT2D eigenvalue weighted by Crippen LogP contribution is 2.44. The van der Waals surface area contributed by atoms with E-state index in [4.69, 9.17) is 22.3 Å². The molecule has 1 atom stereocenters. The van der Waals surface area contributed by atoms with Gasteiger partial charge in [-0.1, -0.05) is 65.1 Å². The fourth-order valence-electron chi connectivity index (χ4n) is 5.33. The molecule has 3 rings (SSSR count). The van der Waals surface area contributed by atoms with E-state index >= 15 is 0 Å². The van der Waals surface area contributed by atoms with Crippen molar-refractivity contribution in [2.24, 2.45) is 10.7 Å². The van der Waals surface area contributed by atoms with Crippen molar-refractivity contribution in [3.63, 3.8) is 0 Å². The highest BCUT2D eigenvalue weighted by Gasteiger charge is 2.42. The van der Waals surface area contributed by atoms with Crippen molar-refractivity contribution in [2.45, 2.75) is 70.4 Å². The number of nitrogens with two attached hydrogens (primary N) is 1. The van der Waals surface area contributed by atoms with Crippen molar-refractivity contribution in [2.75, 3.05) is 0 Å². The molecule has 0 saturated carbocycles. The summed E-state index contributed by atoms with van der Waals surface area (Å²) in [6, 6.07) is 9.08. The Balaban J connectivity index is 2.17. The predicted molar refractivity (Wildman–Crippen MR) is 141 cm³/mol. The third-order valence-corrected chi connectivity index (χ3v) is 13.5. The van der Waals surface area contributed by atoms with Crippen LogP contribution in [0.25, 0.3) is 0 Å². The van der Waals surface area contributed by atoms with E-state index in [1.54, 1.807) is 18.2 Å². The summed E-state index contributed by atoms with van der Waals surface area (Å²) in [5, 5.41) is -0.188. The molecule has 0 spiro atoms. The number of carbonyl (C=O) groups excluding carboxylic acids is 1. The van der Waals surface area contributed by atoms with Gasteiger partial charge in [-0.3, -0.25) is 4.79 Å². The number of ether oxygens (including phenoxy) is 1. The van der Waals surface area contributed by atoms with Gasteiger partial charge < -0.3 is 10.5 Å². The van der Waals surface area contributed by atoms with Crippen molar-refractivity contribution in [1.29, 1.82) is 0 Å². The predicted octanol–water partition coefficient (Wildman–Crippen LogP) is 7.78. The van der Waals surface area contributed by atoms with E-state index in [2.05, 4.69) is 57.7 Å². The van der Waals surface area contributed by atoms with Crippen molar-refractivity contribution in [3.05, 3.63) is 58.1 Å². The number of hydrogen-bond acceptors (Lipinski definition) is 3.